The van der Waals surface area contributed by atoms with E-state index in [9.17, 15) is 4.79 Å². The van der Waals surface area contributed by atoms with E-state index in [2.05, 4.69) is 30.9 Å². The topological polar surface area (TPSA) is 127 Å². The minimum absolute atomic E-state index is 0.108. The molecule has 0 bridgehead atoms. The van der Waals surface area contributed by atoms with Crippen LogP contribution in [-0.4, -0.2) is 36.3 Å². The number of carbonyl (C=O) groups excluding carboxylic acids is 1. The van der Waals surface area contributed by atoms with Crippen LogP contribution in [0, 0.1) is 0 Å². The third-order valence-corrected chi connectivity index (χ3v) is 1.63. The van der Waals surface area contributed by atoms with Crippen LogP contribution in [0.2, 0.25) is 0 Å². The van der Waals surface area contributed by atoms with Gasteiger partial charge in [0.1, 0.15) is 5.69 Å². The Kier molecular flexibility index (Phi) is 2.04. The number of carbonyl (C=O) groups is 1. The molecule has 0 unspecified atom stereocenters. The summed E-state index contributed by atoms with van der Waals surface area (Å²) in [6.07, 6.45) is 1.35. The Bertz CT molecular complexity index is 485. The van der Waals surface area contributed by atoms with E-state index >= 15 is 0 Å². The molecule has 0 fully saturated rings. The van der Waals surface area contributed by atoms with Crippen LogP contribution < -0.4 is 11.1 Å². The van der Waals surface area contributed by atoms with Gasteiger partial charge in [0, 0.05) is 0 Å². The van der Waals surface area contributed by atoms with Crippen molar-refractivity contribution in [1.29, 1.82) is 0 Å². The van der Waals surface area contributed by atoms with Gasteiger partial charge in [-0.1, -0.05) is 5.10 Å². The lowest BCUT2D eigenvalue weighted by atomic mass is 10.3. The molecule has 78 valence electrons. The van der Waals surface area contributed by atoms with E-state index < -0.39 is 5.91 Å². The van der Waals surface area contributed by atoms with Gasteiger partial charge in [0.05, 0.1) is 18.9 Å². The van der Waals surface area contributed by atoms with Crippen LogP contribution in [0.25, 0.3) is 0 Å². The number of amides is 1. The lowest BCUT2D eigenvalue weighted by molar-refractivity contribution is 0.102. The summed E-state index contributed by atoms with van der Waals surface area (Å²) in [6, 6.07) is 0. The minimum Gasteiger partial charge on any atom is -0.396 e. The molecule has 2 aromatic heterocycles. The first kappa shape index (κ1) is 9.12. The highest BCUT2D eigenvalue weighted by molar-refractivity contribution is 6.05. The number of nitrogen functional groups attached to an aromatic ring is 1. The van der Waals surface area contributed by atoms with Gasteiger partial charge in [0.15, 0.2) is 0 Å². The van der Waals surface area contributed by atoms with Crippen molar-refractivity contribution in [2.75, 3.05) is 11.1 Å². The van der Waals surface area contributed by atoms with Crippen molar-refractivity contribution in [3.05, 3.63) is 11.9 Å². The molecule has 0 aliphatic heterocycles. The van der Waals surface area contributed by atoms with Crippen LogP contribution in [0.3, 0.4) is 0 Å². The fourth-order valence-electron chi connectivity index (χ4n) is 0.976. The quantitative estimate of drug-likeness (QED) is 0.566. The number of aromatic nitrogens is 6. The molecule has 9 heteroatoms. The Morgan fingerprint density at radius 1 is 1.67 bits per heavy atom. The van der Waals surface area contributed by atoms with Gasteiger partial charge in [-0.25, -0.2) is 0 Å². The number of nitrogens with one attached hydrogen (secondary N) is 2. The number of H-pyrrole nitrogens is 1. The monoisotopic (exact) mass is 208 g/mol. The number of rotatable bonds is 2. The van der Waals surface area contributed by atoms with E-state index in [1.165, 1.54) is 11.0 Å². The minimum atomic E-state index is -0.460. The van der Waals surface area contributed by atoms with E-state index in [4.69, 9.17) is 5.73 Å². The summed E-state index contributed by atoms with van der Waals surface area (Å²) in [5, 5.41) is 19.4. The first-order chi connectivity index (χ1) is 7.16. The van der Waals surface area contributed by atoms with Crippen molar-refractivity contribution in [3.63, 3.8) is 0 Å². The number of nitrogens with two attached hydrogens (primary N) is 1. The number of anilines is 2. The smallest absolute Gasteiger partial charge is 0.278 e. The lowest BCUT2D eigenvalue weighted by Gasteiger charge is -1.97. The predicted octanol–water partition coefficient (Wildman–Crippen LogP) is -1.23. The van der Waals surface area contributed by atoms with Gasteiger partial charge in [-0.15, -0.1) is 5.10 Å². The zero-order valence-corrected chi connectivity index (χ0v) is 7.80. The van der Waals surface area contributed by atoms with Crippen LogP contribution in [0.5, 0.6) is 0 Å². The Morgan fingerprint density at radius 3 is 3.00 bits per heavy atom. The first-order valence-electron chi connectivity index (χ1n) is 4.01. The maximum atomic E-state index is 11.5. The Morgan fingerprint density at radius 2 is 2.47 bits per heavy atom. The van der Waals surface area contributed by atoms with Crippen LogP contribution in [0.15, 0.2) is 6.20 Å². The number of nitrogens with zero attached hydrogens (tertiary/aromatic N) is 5. The summed E-state index contributed by atoms with van der Waals surface area (Å²) in [5.74, 6) is -0.352. The lowest BCUT2D eigenvalue weighted by Crippen LogP contribution is -2.15. The van der Waals surface area contributed by atoms with Gasteiger partial charge in [-0.3, -0.25) is 15.2 Å². The van der Waals surface area contributed by atoms with Crippen molar-refractivity contribution >= 4 is 17.5 Å². The van der Waals surface area contributed by atoms with Gasteiger partial charge in [-0.05, 0) is 5.21 Å². The van der Waals surface area contributed by atoms with Crippen molar-refractivity contribution in [3.8, 4) is 0 Å². The second-order valence-corrected chi connectivity index (χ2v) is 2.76. The SMILES string of the molecule is Cn1nnc(NC(=O)c2[nH]ncc2N)n1. The number of aromatic amines is 1. The van der Waals surface area contributed by atoms with E-state index in [1.807, 2.05) is 0 Å². The predicted molar refractivity (Wildman–Crippen MR) is 49.8 cm³/mol. The summed E-state index contributed by atoms with van der Waals surface area (Å²) < 4.78 is 0. The Balaban J connectivity index is 2.14. The summed E-state index contributed by atoms with van der Waals surface area (Å²) in [7, 11) is 1.59. The maximum absolute atomic E-state index is 11.5. The maximum Gasteiger partial charge on any atom is 0.278 e. The van der Waals surface area contributed by atoms with E-state index in [0.717, 1.165) is 0 Å². The molecule has 0 saturated heterocycles. The largest absolute Gasteiger partial charge is 0.396 e. The summed E-state index contributed by atoms with van der Waals surface area (Å²) in [6.45, 7) is 0. The standard InChI is InChI=1S/C6H8N8O/c1-14-12-6(11-13-14)9-5(15)4-3(7)2-8-10-4/h2H,7H2,1H3,(H,8,10)(H,9,12,15). The molecule has 2 rings (SSSR count). The third kappa shape index (κ3) is 1.75. The summed E-state index contributed by atoms with van der Waals surface area (Å²) in [5.41, 5.74) is 5.91. The van der Waals surface area contributed by atoms with Crippen LogP contribution in [0.4, 0.5) is 11.6 Å². The summed E-state index contributed by atoms with van der Waals surface area (Å²) >= 11 is 0. The first-order valence-corrected chi connectivity index (χ1v) is 4.01. The molecule has 15 heavy (non-hydrogen) atoms. The average molecular weight is 208 g/mol. The summed E-state index contributed by atoms with van der Waals surface area (Å²) in [4.78, 5) is 12.8. The van der Waals surface area contributed by atoms with Crippen molar-refractivity contribution in [2.24, 2.45) is 7.05 Å². The molecule has 0 aliphatic carbocycles. The number of hydrogen-bond acceptors (Lipinski definition) is 6. The molecule has 2 aromatic rings. The molecule has 0 saturated carbocycles. The molecular weight excluding hydrogens is 200 g/mol. The molecule has 0 aromatic carbocycles. The number of tetrazole rings is 1. The Hall–Kier alpha value is -2.45. The zero-order chi connectivity index (χ0) is 10.8. The van der Waals surface area contributed by atoms with Crippen molar-refractivity contribution < 1.29 is 4.79 Å². The molecular formula is C6H8N8O. The van der Waals surface area contributed by atoms with Gasteiger partial charge in [0.25, 0.3) is 11.9 Å². The van der Waals surface area contributed by atoms with Gasteiger partial charge in [0.2, 0.25) is 0 Å². The van der Waals surface area contributed by atoms with Crippen LogP contribution in [-0.2, 0) is 7.05 Å². The fourth-order valence-corrected chi connectivity index (χ4v) is 0.976. The molecule has 9 nitrogen and oxygen atoms in total. The molecule has 1 amide bonds. The van der Waals surface area contributed by atoms with Crippen molar-refractivity contribution in [2.45, 2.75) is 0 Å². The molecule has 0 atom stereocenters. The molecule has 2 heterocycles. The normalized spacial score (nSPS) is 10.2. The van der Waals surface area contributed by atoms with Crippen LogP contribution >= 0.6 is 0 Å². The molecule has 0 aliphatic rings. The second-order valence-electron chi connectivity index (χ2n) is 2.76. The van der Waals surface area contributed by atoms with Gasteiger partial charge in [-0.2, -0.15) is 9.90 Å². The van der Waals surface area contributed by atoms with E-state index in [1.54, 1.807) is 7.05 Å². The Labute approximate surface area is 83.7 Å². The number of aryl methyl sites for hydroxylation is 1. The highest BCUT2D eigenvalue weighted by atomic mass is 16.2. The van der Waals surface area contributed by atoms with Crippen LogP contribution in [0.1, 0.15) is 10.5 Å². The number of hydrogen-bond donors (Lipinski definition) is 3. The average Bonchev–Trinajstić information content (AvgIpc) is 2.75. The molecule has 4 N–H and O–H groups in total. The molecule has 0 spiro atoms. The van der Waals surface area contributed by atoms with Gasteiger partial charge < -0.3 is 5.73 Å². The van der Waals surface area contributed by atoms with Gasteiger partial charge >= 0.3 is 0 Å². The third-order valence-electron chi connectivity index (χ3n) is 1.63. The van der Waals surface area contributed by atoms with Crippen molar-refractivity contribution in [1.82, 2.24) is 30.4 Å². The highest BCUT2D eigenvalue weighted by Gasteiger charge is 2.13. The van der Waals surface area contributed by atoms with E-state index in [-0.39, 0.29) is 17.3 Å². The second kappa shape index (κ2) is 3.36. The fraction of sp³-hybridized carbons (Fsp3) is 0.167. The highest BCUT2D eigenvalue weighted by Crippen LogP contribution is 2.07. The van der Waals surface area contributed by atoms with E-state index in [0.29, 0.717) is 0 Å². The molecule has 0 radical (unpaired) electrons. The zero-order valence-electron chi connectivity index (χ0n) is 7.80.